The van der Waals surface area contributed by atoms with Gasteiger partial charge in [-0.25, -0.2) is 0 Å². The molecule has 2 N–H and O–H groups in total. The molecule has 1 aromatic heterocycles. The van der Waals surface area contributed by atoms with E-state index in [9.17, 15) is 9.59 Å². The Kier molecular flexibility index (Phi) is 3.27. The fourth-order valence-corrected chi connectivity index (χ4v) is 4.79. The van der Waals surface area contributed by atoms with Crippen LogP contribution in [0.1, 0.15) is 29.8 Å². The van der Waals surface area contributed by atoms with Crippen LogP contribution >= 0.6 is 0 Å². The van der Waals surface area contributed by atoms with E-state index < -0.39 is 18.1 Å². The molecule has 0 spiro atoms. The van der Waals surface area contributed by atoms with Crippen LogP contribution in [-0.2, 0) is 16.0 Å². The number of hydrogen-bond donors (Lipinski definition) is 2. The van der Waals surface area contributed by atoms with E-state index in [0.29, 0.717) is 17.9 Å². The topological polar surface area (TPSA) is 83.7 Å². The summed E-state index contributed by atoms with van der Waals surface area (Å²) >= 11 is 0. The molecule has 1 fully saturated rings. The zero-order valence-corrected chi connectivity index (χ0v) is 15.8. The first kappa shape index (κ1) is 16.5. The molecule has 29 heavy (non-hydrogen) atoms. The maximum absolute atomic E-state index is 13.2. The van der Waals surface area contributed by atoms with Crippen LogP contribution in [0.4, 0.5) is 0 Å². The van der Waals surface area contributed by atoms with Crippen LogP contribution in [0.2, 0.25) is 0 Å². The number of fused-ring (bicyclic) bond motifs is 5. The lowest BCUT2D eigenvalue weighted by Gasteiger charge is -2.45. The van der Waals surface area contributed by atoms with E-state index >= 15 is 0 Å². The first-order valence-electron chi connectivity index (χ1n) is 9.73. The Labute approximate surface area is 166 Å². The summed E-state index contributed by atoms with van der Waals surface area (Å²) in [6.07, 6.45) is 0.491. The van der Waals surface area contributed by atoms with E-state index in [4.69, 9.17) is 9.47 Å². The molecule has 3 aliphatic rings. The Bertz CT molecular complexity index is 1180. The zero-order chi connectivity index (χ0) is 19.7. The van der Waals surface area contributed by atoms with Crippen LogP contribution in [0, 0.1) is 0 Å². The third-order valence-electron chi connectivity index (χ3n) is 6.13. The minimum atomic E-state index is -0.554. The van der Waals surface area contributed by atoms with E-state index in [1.165, 1.54) is 0 Å². The quantitative estimate of drug-likeness (QED) is 0.669. The van der Waals surface area contributed by atoms with Crippen LogP contribution in [0.3, 0.4) is 0 Å². The highest BCUT2D eigenvalue weighted by atomic mass is 16.7. The molecule has 2 aromatic carbocycles. The van der Waals surface area contributed by atoms with Crippen molar-refractivity contribution in [3.05, 3.63) is 59.3 Å². The lowest BCUT2D eigenvalue weighted by molar-refractivity contribution is -0.151. The van der Waals surface area contributed by atoms with Gasteiger partial charge in [-0.2, -0.15) is 0 Å². The lowest BCUT2D eigenvalue weighted by Crippen LogP contribution is -2.65. The van der Waals surface area contributed by atoms with Crippen LogP contribution in [0.5, 0.6) is 11.5 Å². The molecular formula is C22H19N3O4. The Balaban J connectivity index is 1.60. The van der Waals surface area contributed by atoms with Crippen molar-refractivity contribution in [1.82, 2.24) is 15.2 Å². The smallest absolute Gasteiger partial charge is 0.246 e. The van der Waals surface area contributed by atoms with Crippen molar-refractivity contribution in [3.63, 3.8) is 0 Å². The number of rotatable bonds is 1. The molecule has 0 unspecified atom stereocenters. The molecule has 146 valence electrons. The van der Waals surface area contributed by atoms with Gasteiger partial charge in [-0.3, -0.25) is 9.59 Å². The molecule has 7 nitrogen and oxygen atoms in total. The van der Waals surface area contributed by atoms with Crippen LogP contribution in [0.25, 0.3) is 10.9 Å². The second kappa shape index (κ2) is 5.76. The van der Waals surface area contributed by atoms with Crippen molar-refractivity contribution in [2.75, 3.05) is 6.79 Å². The minimum absolute atomic E-state index is 0.0819. The zero-order valence-electron chi connectivity index (χ0n) is 15.8. The average molecular weight is 389 g/mol. The van der Waals surface area contributed by atoms with Gasteiger partial charge in [0.15, 0.2) is 11.5 Å². The first-order valence-corrected chi connectivity index (χ1v) is 9.73. The normalized spacial score (nSPS) is 25.0. The van der Waals surface area contributed by atoms with Gasteiger partial charge >= 0.3 is 0 Å². The molecule has 3 aromatic rings. The van der Waals surface area contributed by atoms with E-state index in [1.54, 1.807) is 11.8 Å². The standard InChI is InChI=1S/C22H19N3O4/c1-11-22(27)25-16(21(26)23-11)9-14-13-4-2-3-5-15(13)24-19(14)20(25)12-6-7-17-18(8-12)29-10-28-17/h2-8,11,16,20,24H,9-10H2,1H3,(H,23,26)/t11-,16+,20+/m0/s1. The number of carbonyl (C=O) groups is 2. The van der Waals surface area contributed by atoms with Crippen molar-refractivity contribution in [3.8, 4) is 11.5 Å². The summed E-state index contributed by atoms with van der Waals surface area (Å²) in [7, 11) is 0. The Hall–Kier alpha value is -3.48. The van der Waals surface area contributed by atoms with Crippen LogP contribution in [-0.4, -0.2) is 40.6 Å². The number of H-pyrrole nitrogens is 1. The summed E-state index contributed by atoms with van der Waals surface area (Å²) in [4.78, 5) is 31.3. The van der Waals surface area contributed by atoms with Crippen molar-refractivity contribution < 1.29 is 19.1 Å². The fraction of sp³-hybridized carbons (Fsp3) is 0.273. The highest BCUT2D eigenvalue weighted by Crippen LogP contribution is 2.44. The predicted octanol–water partition coefficient (Wildman–Crippen LogP) is 2.26. The van der Waals surface area contributed by atoms with Gasteiger partial charge in [-0.15, -0.1) is 0 Å². The summed E-state index contributed by atoms with van der Waals surface area (Å²) in [6.45, 7) is 1.92. The van der Waals surface area contributed by atoms with E-state index in [2.05, 4.69) is 16.4 Å². The molecule has 0 bridgehead atoms. The molecule has 3 atom stereocenters. The highest BCUT2D eigenvalue weighted by Gasteiger charge is 2.48. The number of aromatic nitrogens is 1. The number of nitrogens with zero attached hydrogens (tertiary/aromatic N) is 1. The molecule has 0 radical (unpaired) electrons. The van der Waals surface area contributed by atoms with E-state index in [0.717, 1.165) is 27.7 Å². The Morgan fingerprint density at radius 2 is 1.90 bits per heavy atom. The van der Waals surface area contributed by atoms with Crippen LogP contribution in [0.15, 0.2) is 42.5 Å². The summed E-state index contributed by atoms with van der Waals surface area (Å²) < 4.78 is 11.0. The maximum atomic E-state index is 13.2. The number of nitrogens with one attached hydrogen (secondary N) is 2. The molecular weight excluding hydrogens is 370 g/mol. The third kappa shape index (κ3) is 2.24. The van der Waals surface area contributed by atoms with Crippen molar-refractivity contribution >= 4 is 22.7 Å². The van der Waals surface area contributed by atoms with Gasteiger partial charge in [0.25, 0.3) is 0 Å². The molecule has 7 heteroatoms. The van der Waals surface area contributed by atoms with Gasteiger partial charge in [-0.1, -0.05) is 24.3 Å². The van der Waals surface area contributed by atoms with Crippen molar-refractivity contribution in [2.45, 2.75) is 31.5 Å². The molecule has 3 aliphatic heterocycles. The summed E-state index contributed by atoms with van der Waals surface area (Å²) in [5.74, 6) is 1.15. The highest BCUT2D eigenvalue weighted by molar-refractivity contribution is 5.99. The monoisotopic (exact) mass is 389 g/mol. The number of aromatic amines is 1. The van der Waals surface area contributed by atoms with Gasteiger partial charge in [0.2, 0.25) is 18.6 Å². The van der Waals surface area contributed by atoms with Gasteiger partial charge in [0.1, 0.15) is 12.1 Å². The Morgan fingerprint density at radius 3 is 2.79 bits per heavy atom. The predicted molar refractivity (Wildman–Crippen MR) is 105 cm³/mol. The summed E-state index contributed by atoms with van der Waals surface area (Å²) in [5, 5.41) is 3.92. The molecule has 0 aliphatic carbocycles. The second-order valence-electron chi connectivity index (χ2n) is 7.77. The maximum Gasteiger partial charge on any atom is 0.246 e. The van der Waals surface area contributed by atoms with E-state index in [-0.39, 0.29) is 18.6 Å². The van der Waals surface area contributed by atoms with Gasteiger partial charge in [0, 0.05) is 23.0 Å². The van der Waals surface area contributed by atoms with Gasteiger partial charge in [0.05, 0.1) is 6.04 Å². The number of amides is 2. The number of benzene rings is 2. The summed E-state index contributed by atoms with van der Waals surface area (Å²) in [6, 6.07) is 12.3. The SMILES string of the molecule is C[C@@H]1NC(=O)[C@H]2Cc3c([nH]c4ccccc34)[C@@H](c3ccc4c(c3)OCO4)N2C1=O. The molecule has 0 saturated carbocycles. The van der Waals surface area contributed by atoms with E-state index in [1.807, 2.05) is 36.4 Å². The molecule has 4 heterocycles. The van der Waals surface area contributed by atoms with Crippen molar-refractivity contribution in [2.24, 2.45) is 0 Å². The molecule has 2 amide bonds. The first-order chi connectivity index (χ1) is 14.1. The average Bonchev–Trinajstić information content (AvgIpc) is 3.34. The van der Waals surface area contributed by atoms with Crippen LogP contribution < -0.4 is 14.8 Å². The molecule has 6 rings (SSSR count). The third-order valence-corrected chi connectivity index (χ3v) is 6.13. The molecule has 1 saturated heterocycles. The summed E-state index contributed by atoms with van der Waals surface area (Å²) in [5.41, 5.74) is 3.93. The van der Waals surface area contributed by atoms with Gasteiger partial charge < -0.3 is 24.7 Å². The number of hydrogen-bond acceptors (Lipinski definition) is 4. The lowest BCUT2D eigenvalue weighted by atomic mass is 9.85. The van der Waals surface area contributed by atoms with Crippen molar-refractivity contribution in [1.29, 1.82) is 0 Å². The van der Waals surface area contributed by atoms with Gasteiger partial charge in [-0.05, 0) is 36.2 Å². The number of para-hydroxylation sites is 1. The number of piperazine rings is 1. The Morgan fingerprint density at radius 1 is 1.07 bits per heavy atom. The number of carbonyl (C=O) groups excluding carboxylic acids is 2. The second-order valence-corrected chi connectivity index (χ2v) is 7.77. The largest absolute Gasteiger partial charge is 0.454 e. The fourth-order valence-electron chi connectivity index (χ4n) is 4.79. The number of ether oxygens (including phenoxy) is 2. The minimum Gasteiger partial charge on any atom is -0.454 e.